The highest BCUT2D eigenvalue weighted by atomic mass is 16.5. The van der Waals surface area contributed by atoms with Crippen LogP contribution in [0.1, 0.15) is 18.9 Å². The molecule has 0 atom stereocenters. The van der Waals surface area contributed by atoms with Gasteiger partial charge in [-0.1, -0.05) is 6.92 Å². The number of amidine groups is 1. The van der Waals surface area contributed by atoms with Gasteiger partial charge in [0.1, 0.15) is 11.6 Å². The third-order valence-electron chi connectivity index (χ3n) is 2.98. The van der Waals surface area contributed by atoms with Crippen LogP contribution in [0.15, 0.2) is 35.1 Å². The number of nitrogens with two attached hydrogens (primary N) is 1. The summed E-state index contributed by atoms with van der Waals surface area (Å²) >= 11 is 0. The van der Waals surface area contributed by atoms with Crippen LogP contribution in [0, 0.1) is 5.41 Å². The summed E-state index contributed by atoms with van der Waals surface area (Å²) < 4.78 is 6.71. The van der Waals surface area contributed by atoms with E-state index in [4.69, 9.17) is 15.9 Å². The molecule has 0 amide bonds. The topological polar surface area (TPSA) is 94.0 Å². The van der Waals surface area contributed by atoms with Gasteiger partial charge in [-0.2, -0.15) is 5.10 Å². The summed E-state index contributed by atoms with van der Waals surface area (Å²) in [4.78, 5) is 11.8. The molecule has 1 heterocycles. The summed E-state index contributed by atoms with van der Waals surface area (Å²) in [7, 11) is 1.54. The number of benzene rings is 1. The van der Waals surface area contributed by atoms with Gasteiger partial charge in [-0.25, -0.2) is 4.68 Å². The predicted octanol–water partition coefficient (Wildman–Crippen LogP) is 1.52. The SMILES string of the molecule is CCCOc1ccc(-c2cc(C(=N)N)c(=O)n(C)n2)cc1. The van der Waals surface area contributed by atoms with Gasteiger partial charge in [0.15, 0.2) is 0 Å². The molecular weight excluding hydrogens is 268 g/mol. The molecule has 0 aliphatic carbocycles. The lowest BCUT2D eigenvalue weighted by molar-refractivity contribution is 0.317. The molecule has 0 unspecified atom stereocenters. The average Bonchev–Trinajstić information content (AvgIpc) is 2.48. The molecule has 0 aliphatic heterocycles. The Labute approximate surface area is 122 Å². The second kappa shape index (κ2) is 6.21. The van der Waals surface area contributed by atoms with Crippen LogP contribution < -0.4 is 16.0 Å². The highest BCUT2D eigenvalue weighted by molar-refractivity contribution is 5.95. The Hall–Kier alpha value is -2.63. The third-order valence-corrected chi connectivity index (χ3v) is 2.98. The smallest absolute Gasteiger partial charge is 0.277 e. The number of hydrogen-bond donors (Lipinski definition) is 2. The molecule has 0 bridgehead atoms. The van der Waals surface area contributed by atoms with Crippen molar-refractivity contribution in [2.75, 3.05) is 6.61 Å². The van der Waals surface area contributed by atoms with E-state index in [1.54, 1.807) is 0 Å². The lowest BCUT2D eigenvalue weighted by Gasteiger charge is -2.08. The Morgan fingerprint density at radius 2 is 2.05 bits per heavy atom. The van der Waals surface area contributed by atoms with Crippen LogP contribution >= 0.6 is 0 Å². The van der Waals surface area contributed by atoms with E-state index in [9.17, 15) is 4.79 Å². The molecule has 1 aromatic heterocycles. The van der Waals surface area contributed by atoms with Crippen LogP contribution in [0.4, 0.5) is 0 Å². The van der Waals surface area contributed by atoms with Crippen molar-refractivity contribution in [3.05, 3.63) is 46.2 Å². The van der Waals surface area contributed by atoms with E-state index in [1.807, 2.05) is 31.2 Å². The van der Waals surface area contributed by atoms with Crippen molar-refractivity contribution >= 4 is 5.84 Å². The lowest BCUT2D eigenvalue weighted by Crippen LogP contribution is -2.29. The van der Waals surface area contributed by atoms with Crippen LogP contribution in [0.25, 0.3) is 11.3 Å². The first-order chi connectivity index (χ1) is 10.0. The maximum atomic E-state index is 11.8. The fourth-order valence-electron chi connectivity index (χ4n) is 1.88. The van der Waals surface area contributed by atoms with Crippen molar-refractivity contribution in [2.45, 2.75) is 13.3 Å². The maximum absolute atomic E-state index is 11.8. The van der Waals surface area contributed by atoms with Gasteiger partial charge in [0.25, 0.3) is 5.56 Å². The van der Waals surface area contributed by atoms with E-state index in [2.05, 4.69) is 5.10 Å². The molecule has 6 nitrogen and oxygen atoms in total. The second-order valence-electron chi connectivity index (χ2n) is 4.66. The minimum Gasteiger partial charge on any atom is -0.494 e. The summed E-state index contributed by atoms with van der Waals surface area (Å²) in [6.45, 7) is 2.72. The van der Waals surface area contributed by atoms with Crippen molar-refractivity contribution in [1.82, 2.24) is 9.78 Å². The number of aromatic nitrogens is 2. The Morgan fingerprint density at radius 1 is 1.38 bits per heavy atom. The Balaban J connectivity index is 2.38. The molecule has 0 fully saturated rings. The molecule has 0 radical (unpaired) electrons. The van der Waals surface area contributed by atoms with E-state index >= 15 is 0 Å². The molecule has 3 N–H and O–H groups in total. The molecule has 21 heavy (non-hydrogen) atoms. The minimum atomic E-state index is -0.380. The summed E-state index contributed by atoms with van der Waals surface area (Å²) in [5.74, 6) is 0.527. The number of hydrogen-bond acceptors (Lipinski definition) is 4. The largest absolute Gasteiger partial charge is 0.494 e. The molecule has 2 rings (SSSR count). The molecule has 0 spiro atoms. The van der Waals surface area contributed by atoms with E-state index in [0.29, 0.717) is 12.3 Å². The minimum absolute atomic E-state index is 0.147. The maximum Gasteiger partial charge on any atom is 0.277 e. The zero-order valence-corrected chi connectivity index (χ0v) is 12.1. The van der Waals surface area contributed by atoms with Gasteiger partial charge in [0, 0.05) is 12.6 Å². The number of nitrogens with one attached hydrogen (secondary N) is 1. The van der Waals surface area contributed by atoms with Crippen molar-refractivity contribution in [1.29, 1.82) is 5.41 Å². The molecule has 110 valence electrons. The van der Waals surface area contributed by atoms with Crippen LogP contribution in [-0.2, 0) is 7.05 Å². The molecule has 0 saturated carbocycles. The molecule has 0 aliphatic rings. The zero-order valence-electron chi connectivity index (χ0n) is 12.1. The normalized spacial score (nSPS) is 10.4. The van der Waals surface area contributed by atoms with E-state index < -0.39 is 0 Å². The Bertz CT molecular complexity index is 705. The number of rotatable bonds is 5. The lowest BCUT2D eigenvalue weighted by atomic mass is 10.1. The standard InChI is InChI=1S/C15H18N4O2/c1-3-8-21-11-6-4-10(5-7-11)13-9-12(14(16)17)15(20)19(2)18-13/h4-7,9H,3,8H2,1-2H3,(H3,16,17). The second-order valence-corrected chi connectivity index (χ2v) is 4.66. The summed E-state index contributed by atoms with van der Waals surface area (Å²) in [5.41, 5.74) is 6.62. The van der Waals surface area contributed by atoms with Crippen LogP contribution in [0.5, 0.6) is 5.75 Å². The fraction of sp³-hybridized carbons (Fsp3) is 0.267. The predicted molar refractivity (Wildman–Crippen MR) is 81.7 cm³/mol. The monoisotopic (exact) mass is 286 g/mol. The Kier molecular flexibility index (Phi) is 4.37. The van der Waals surface area contributed by atoms with Gasteiger partial charge in [-0.05, 0) is 36.8 Å². The zero-order chi connectivity index (χ0) is 15.4. The van der Waals surface area contributed by atoms with E-state index in [0.717, 1.165) is 17.7 Å². The molecule has 2 aromatic rings. The first kappa shape index (κ1) is 14.8. The van der Waals surface area contributed by atoms with Crippen molar-refractivity contribution in [3.8, 4) is 17.0 Å². The van der Waals surface area contributed by atoms with Crippen LogP contribution in [0.2, 0.25) is 0 Å². The number of ether oxygens (including phenoxy) is 1. The van der Waals surface area contributed by atoms with Crippen LogP contribution in [-0.4, -0.2) is 22.2 Å². The van der Waals surface area contributed by atoms with Crippen molar-refractivity contribution in [2.24, 2.45) is 12.8 Å². The molecule has 6 heteroatoms. The first-order valence-corrected chi connectivity index (χ1v) is 6.69. The van der Waals surface area contributed by atoms with Gasteiger partial charge in [-0.3, -0.25) is 10.2 Å². The van der Waals surface area contributed by atoms with Gasteiger partial charge < -0.3 is 10.5 Å². The van der Waals surface area contributed by atoms with E-state index in [1.165, 1.54) is 17.8 Å². The van der Waals surface area contributed by atoms with Crippen molar-refractivity contribution in [3.63, 3.8) is 0 Å². The quantitative estimate of drug-likeness (QED) is 0.643. The van der Waals surface area contributed by atoms with Crippen molar-refractivity contribution < 1.29 is 4.74 Å². The van der Waals surface area contributed by atoms with Gasteiger partial charge in [0.05, 0.1) is 17.9 Å². The summed E-state index contributed by atoms with van der Waals surface area (Å²) in [6.07, 6.45) is 0.950. The Morgan fingerprint density at radius 3 is 2.62 bits per heavy atom. The fourth-order valence-corrected chi connectivity index (χ4v) is 1.88. The van der Waals surface area contributed by atoms with Gasteiger partial charge in [0.2, 0.25) is 0 Å². The average molecular weight is 286 g/mol. The molecule has 0 saturated heterocycles. The third kappa shape index (κ3) is 3.28. The first-order valence-electron chi connectivity index (χ1n) is 6.69. The summed E-state index contributed by atoms with van der Waals surface area (Å²) in [5, 5.41) is 11.6. The van der Waals surface area contributed by atoms with Crippen LogP contribution in [0.3, 0.4) is 0 Å². The highest BCUT2D eigenvalue weighted by Crippen LogP contribution is 2.20. The summed E-state index contributed by atoms with van der Waals surface area (Å²) in [6, 6.07) is 8.96. The highest BCUT2D eigenvalue weighted by Gasteiger charge is 2.10. The molecule has 1 aromatic carbocycles. The number of aryl methyl sites for hydroxylation is 1. The van der Waals surface area contributed by atoms with Gasteiger partial charge in [-0.15, -0.1) is 0 Å². The number of nitrogens with zero attached hydrogens (tertiary/aromatic N) is 2. The molecular formula is C15H18N4O2. The van der Waals surface area contributed by atoms with E-state index in [-0.39, 0.29) is 17.0 Å². The van der Waals surface area contributed by atoms with Gasteiger partial charge >= 0.3 is 0 Å². The number of nitrogen functional groups attached to an aromatic ring is 1.